The van der Waals surface area contributed by atoms with Crippen molar-refractivity contribution in [3.05, 3.63) is 41.9 Å². The Labute approximate surface area is 120 Å². The van der Waals surface area contributed by atoms with E-state index in [0.717, 1.165) is 31.6 Å². The summed E-state index contributed by atoms with van der Waals surface area (Å²) in [5, 5.41) is 8.35. The molecule has 0 saturated heterocycles. The monoisotopic (exact) mass is 270 g/mol. The number of aromatic nitrogens is 3. The van der Waals surface area contributed by atoms with Gasteiger partial charge in [-0.2, -0.15) is 5.10 Å². The Bertz CT molecular complexity index is 557. The number of hydrogen-bond acceptors (Lipinski definition) is 3. The topological polar surface area (TPSA) is 42.7 Å². The average molecular weight is 270 g/mol. The lowest BCUT2D eigenvalue weighted by atomic mass is 10.00. The number of hydrogen-bond donors (Lipinski definition) is 1. The Hall–Kier alpha value is -1.84. The van der Waals surface area contributed by atoms with Gasteiger partial charge < -0.3 is 5.32 Å². The van der Waals surface area contributed by atoms with Crippen molar-refractivity contribution in [2.45, 2.75) is 45.1 Å². The van der Waals surface area contributed by atoms with Crippen molar-refractivity contribution in [2.75, 3.05) is 11.9 Å². The highest BCUT2D eigenvalue weighted by Gasteiger charge is 2.24. The number of anilines is 1. The van der Waals surface area contributed by atoms with Crippen LogP contribution in [0.15, 0.2) is 30.6 Å². The summed E-state index contributed by atoms with van der Waals surface area (Å²) in [6.45, 7) is 5.47. The lowest BCUT2D eigenvalue weighted by Gasteiger charge is -2.25. The zero-order valence-electron chi connectivity index (χ0n) is 12.2. The van der Waals surface area contributed by atoms with Crippen LogP contribution in [0.25, 0.3) is 0 Å². The summed E-state index contributed by atoms with van der Waals surface area (Å²) in [5.74, 6) is 1.72. The Balaban J connectivity index is 1.96. The molecule has 0 saturated carbocycles. The van der Waals surface area contributed by atoms with E-state index in [1.54, 1.807) is 0 Å². The van der Waals surface area contributed by atoms with E-state index in [0.29, 0.717) is 12.0 Å². The fourth-order valence-electron chi connectivity index (χ4n) is 3.04. The van der Waals surface area contributed by atoms with Crippen LogP contribution < -0.4 is 5.32 Å². The summed E-state index contributed by atoms with van der Waals surface area (Å²) >= 11 is 0. The van der Waals surface area contributed by atoms with E-state index in [-0.39, 0.29) is 0 Å². The maximum atomic E-state index is 4.88. The summed E-state index contributed by atoms with van der Waals surface area (Å²) in [6.07, 6.45) is 7.09. The van der Waals surface area contributed by atoms with Crippen molar-refractivity contribution >= 4 is 5.82 Å². The van der Waals surface area contributed by atoms with Crippen LogP contribution >= 0.6 is 0 Å². The minimum absolute atomic E-state index is 0.331. The SMILES string of the molecule is CCC(CC)c1cc2n(n1)C(c1ccncc1)CCN2. The van der Waals surface area contributed by atoms with Gasteiger partial charge in [0.05, 0.1) is 11.7 Å². The Morgan fingerprint density at radius 1 is 1.30 bits per heavy atom. The zero-order chi connectivity index (χ0) is 13.9. The van der Waals surface area contributed by atoms with E-state index in [9.17, 15) is 0 Å². The normalized spacial score (nSPS) is 17.9. The predicted molar refractivity (Wildman–Crippen MR) is 81.0 cm³/mol. The molecule has 20 heavy (non-hydrogen) atoms. The third kappa shape index (κ3) is 2.30. The second-order valence-corrected chi connectivity index (χ2v) is 5.42. The average Bonchev–Trinajstić information content (AvgIpc) is 2.93. The number of rotatable bonds is 4. The molecular weight excluding hydrogens is 248 g/mol. The van der Waals surface area contributed by atoms with Crippen LogP contribution in [0.5, 0.6) is 0 Å². The van der Waals surface area contributed by atoms with Gasteiger partial charge in [0.15, 0.2) is 0 Å². The molecule has 0 bridgehead atoms. The van der Waals surface area contributed by atoms with E-state index in [1.165, 1.54) is 11.3 Å². The smallest absolute Gasteiger partial charge is 0.125 e. The Morgan fingerprint density at radius 2 is 2.05 bits per heavy atom. The van der Waals surface area contributed by atoms with Crippen LogP contribution in [0, 0.1) is 0 Å². The fraction of sp³-hybridized carbons (Fsp3) is 0.500. The van der Waals surface area contributed by atoms with Gasteiger partial charge >= 0.3 is 0 Å². The molecule has 0 radical (unpaired) electrons. The molecule has 1 aliphatic rings. The van der Waals surface area contributed by atoms with E-state index < -0.39 is 0 Å². The van der Waals surface area contributed by atoms with Gasteiger partial charge in [-0.3, -0.25) is 4.98 Å². The van der Waals surface area contributed by atoms with Gasteiger partial charge in [0.2, 0.25) is 0 Å². The molecule has 0 fully saturated rings. The van der Waals surface area contributed by atoms with Crippen LogP contribution in [0.1, 0.15) is 56.3 Å². The second-order valence-electron chi connectivity index (χ2n) is 5.42. The minimum atomic E-state index is 0.331. The molecule has 3 rings (SSSR count). The molecule has 4 nitrogen and oxygen atoms in total. The number of nitrogens with zero attached hydrogens (tertiary/aromatic N) is 3. The van der Waals surface area contributed by atoms with Gasteiger partial charge in [-0.1, -0.05) is 13.8 Å². The standard InChI is InChI=1S/C16H22N4/c1-3-12(4-2)14-11-16-18-10-7-15(20(16)19-14)13-5-8-17-9-6-13/h5-6,8-9,11-12,15,18H,3-4,7,10H2,1-2H3. The summed E-state index contributed by atoms with van der Waals surface area (Å²) in [4.78, 5) is 4.11. The summed E-state index contributed by atoms with van der Waals surface area (Å²) in [6, 6.07) is 6.75. The van der Waals surface area contributed by atoms with Crippen molar-refractivity contribution in [3.63, 3.8) is 0 Å². The van der Waals surface area contributed by atoms with Crippen LogP contribution in [0.4, 0.5) is 5.82 Å². The molecule has 0 aromatic carbocycles. The van der Waals surface area contributed by atoms with Gasteiger partial charge in [0.1, 0.15) is 5.82 Å². The Kier molecular flexibility index (Phi) is 3.72. The van der Waals surface area contributed by atoms with E-state index >= 15 is 0 Å². The van der Waals surface area contributed by atoms with Crippen molar-refractivity contribution in [2.24, 2.45) is 0 Å². The molecule has 4 heteroatoms. The fourth-order valence-corrected chi connectivity index (χ4v) is 3.04. The molecule has 2 aromatic rings. The van der Waals surface area contributed by atoms with E-state index in [4.69, 9.17) is 5.10 Å². The first-order chi connectivity index (χ1) is 9.83. The first kappa shape index (κ1) is 13.2. The lowest BCUT2D eigenvalue weighted by molar-refractivity contribution is 0.470. The van der Waals surface area contributed by atoms with Crippen LogP contribution in [-0.2, 0) is 0 Å². The van der Waals surface area contributed by atoms with Crippen molar-refractivity contribution in [1.29, 1.82) is 0 Å². The molecule has 3 heterocycles. The summed E-state index contributed by atoms with van der Waals surface area (Å²) in [7, 11) is 0. The van der Waals surface area contributed by atoms with Gasteiger partial charge in [-0.15, -0.1) is 0 Å². The van der Waals surface area contributed by atoms with Crippen molar-refractivity contribution in [3.8, 4) is 0 Å². The molecule has 2 aromatic heterocycles. The van der Waals surface area contributed by atoms with Gasteiger partial charge in [0.25, 0.3) is 0 Å². The highest BCUT2D eigenvalue weighted by atomic mass is 15.4. The summed E-state index contributed by atoms with van der Waals surface area (Å²) < 4.78 is 2.16. The highest BCUT2D eigenvalue weighted by Crippen LogP contribution is 2.32. The van der Waals surface area contributed by atoms with Crippen LogP contribution in [-0.4, -0.2) is 21.3 Å². The first-order valence-electron chi connectivity index (χ1n) is 7.56. The highest BCUT2D eigenvalue weighted by molar-refractivity contribution is 5.42. The third-order valence-corrected chi connectivity index (χ3v) is 4.27. The third-order valence-electron chi connectivity index (χ3n) is 4.27. The van der Waals surface area contributed by atoms with Crippen molar-refractivity contribution in [1.82, 2.24) is 14.8 Å². The van der Waals surface area contributed by atoms with Gasteiger partial charge in [-0.25, -0.2) is 4.68 Å². The first-order valence-corrected chi connectivity index (χ1v) is 7.56. The van der Waals surface area contributed by atoms with Crippen molar-refractivity contribution < 1.29 is 0 Å². The molecule has 1 unspecified atom stereocenters. The Morgan fingerprint density at radius 3 is 2.75 bits per heavy atom. The number of fused-ring (bicyclic) bond motifs is 1. The zero-order valence-corrected chi connectivity index (χ0v) is 12.2. The largest absolute Gasteiger partial charge is 0.370 e. The van der Waals surface area contributed by atoms with Crippen LogP contribution in [0.2, 0.25) is 0 Å². The predicted octanol–water partition coefficient (Wildman–Crippen LogP) is 3.59. The lowest BCUT2D eigenvalue weighted by Crippen LogP contribution is -2.24. The molecule has 0 aliphatic carbocycles. The minimum Gasteiger partial charge on any atom is -0.370 e. The molecular formula is C16H22N4. The molecule has 0 amide bonds. The molecule has 1 atom stereocenters. The number of pyridine rings is 1. The maximum Gasteiger partial charge on any atom is 0.125 e. The second kappa shape index (κ2) is 5.65. The molecule has 106 valence electrons. The van der Waals surface area contributed by atoms with E-state index in [1.807, 2.05) is 12.4 Å². The molecule has 1 N–H and O–H groups in total. The molecule has 0 spiro atoms. The molecule has 1 aliphatic heterocycles. The number of nitrogens with one attached hydrogen (secondary N) is 1. The quantitative estimate of drug-likeness (QED) is 0.923. The summed E-state index contributed by atoms with van der Waals surface area (Å²) in [5.41, 5.74) is 2.51. The maximum absolute atomic E-state index is 4.88. The van der Waals surface area contributed by atoms with Gasteiger partial charge in [-0.05, 0) is 37.0 Å². The van der Waals surface area contributed by atoms with E-state index in [2.05, 4.69) is 47.0 Å². The van der Waals surface area contributed by atoms with Crippen LogP contribution in [0.3, 0.4) is 0 Å². The van der Waals surface area contributed by atoms with Gasteiger partial charge in [0, 0.05) is 30.9 Å².